The van der Waals surface area contributed by atoms with Crippen molar-refractivity contribution < 1.29 is 9.53 Å². The number of Topliss-reactive ketones (excluding diaryl/α,β-unsaturated/α-hetero) is 1. The number of carbonyl (C=O) groups excluding carboxylic acids is 1. The highest BCUT2D eigenvalue weighted by atomic mass is 35.5. The Morgan fingerprint density at radius 1 is 1.26 bits per heavy atom. The van der Waals surface area contributed by atoms with Gasteiger partial charge in [0.25, 0.3) is 0 Å². The first-order valence-electron chi connectivity index (χ1n) is 9.90. The minimum absolute atomic E-state index is 0.0240. The maximum atomic E-state index is 13.3. The van der Waals surface area contributed by atoms with Crippen LogP contribution in [0.1, 0.15) is 32.9 Å². The molecule has 0 bridgehead atoms. The van der Waals surface area contributed by atoms with Crippen molar-refractivity contribution in [1.82, 2.24) is 19.9 Å². The van der Waals surface area contributed by atoms with Crippen LogP contribution in [0.15, 0.2) is 30.6 Å². The number of aryl methyl sites for hydroxylation is 1. The number of anilines is 2. The maximum Gasteiger partial charge on any atom is 0.223 e. The Morgan fingerprint density at radius 3 is 2.77 bits per heavy atom. The van der Waals surface area contributed by atoms with Gasteiger partial charge >= 0.3 is 0 Å². The summed E-state index contributed by atoms with van der Waals surface area (Å²) >= 11 is 6.35. The number of pyridine rings is 2. The lowest BCUT2D eigenvalue weighted by Gasteiger charge is -2.34. The highest BCUT2D eigenvalue weighted by molar-refractivity contribution is 6.34. The summed E-state index contributed by atoms with van der Waals surface area (Å²) in [4.78, 5) is 32.6. The Hall–Kier alpha value is -3.26. The van der Waals surface area contributed by atoms with Gasteiger partial charge in [0.1, 0.15) is 16.7 Å². The van der Waals surface area contributed by atoms with E-state index >= 15 is 0 Å². The summed E-state index contributed by atoms with van der Waals surface area (Å²) in [5.41, 5.74) is 9.70. The van der Waals surface area contributed by atoms with Crippen LogP contribution in [0.25, 0.3) is 0 Å². The molecule has 9 heteroatoms. The van der Waals surface area contributed by atoms with E-state index in [-0.39, 0.29) is 22.8 Å². The number of ether oxygens (including phenoxy) is 1. The van der Waals surface area contributed by atoms with Crippen LogP contribution in [0.2, 0.25) is 5.15 Å². The fourth-order valence-electron chi connectivity index (χ4n) is 4.00. The number of fused-ring (bicyclic) bond motifs is 1. The van der Waals surface area contributed by atoms with E-state index < -0.39 is 0 Å². The third kappa shape index (κ3) is 4.03. The fourth-order valence-corrected chi connectivity index (χ4v) is 4.26. The second-order valence-corrected chi connectivity index (χ2v) is 7.94. The van der Waals surface area contributed by atoms with Gasteiger partial charge < -0.3 is 15.4 Å². The van der Waals surface area contributed by atoms with E-state index in [1.54, 1.807) is 19.5 Å². The normalized spacial score (nSPS) is 15.7. The van der Waals surface area contributed by atoms with Crippen molar-refractivity contribution in [1.29, 1.82) is 0 Å². The Morgan fingerprint density at radius 2 is 2.06 bits per heavy atom. The van der Waals surface area contributed by atoms with Crippen LogP contribution in [0.4, 0.5) is 11.8 Å². The van der Waals surface area contributed by atoms with E-state index in [1.807, 2.05) is 36.9 Å². The molecule has 3 aromatic heterocycles. The molecule has 160 valence electrons. The molecule has 4 heterocycles. The molecule has 0 radical (unpaired) electrons. The number of hydrogen-bond donors (Lipinski definition) is 1. The van der Waals surface area contributed by atoms with Gasteiger partial charge in [0.2, 0.25) is 5.95 Å². The van der Waals surface area contributed by atoms with Gasteiger partial charge in [0.15, 0.2) is 5.78 Å². The van der Waals surface area contributed by atoms with Crippen LogP contribution < -0.4 is 15.4 Å². The van der Waals surface area contributed by atoms with Crippen molar-refractivity contribution in [3.63, 3.8) is 0 Å². The molecule has 0 amide bonds. The number of rotatable bonds is 5. The zero-order valence-electron chi connectivity index (χ0n) is 17.6. The lowest BCUT2D eigenvalue weighted by molar-refractivity contribution is 0.0912. The molecule has 0 spiro atoms. The van der Waals surface area contributed by atoms with Crippen molar-refractivity contribution in [3.8, 4) is 5.75 Å². The predicted molar refractivity (Wildman–Crippen MR) is 119 cm³/mol. The number of carbonyl (C=O) groups is 1. The Labute approximate surface area is 185 Å². The molecule has 0 aliphatic carbocycles. The molecule has 1 aliphatic heterocycles. The molecule has 0 saturated heterocycles. The first-order valence-corrected chi connectivity index (χ1v) is 10.3. The second kappa shape index (κ2) is 8.47. The van der Waals surface area contributed by atoms with Gasteiger partial charge in [-0.05, 0) is 26.0 Å². The number of halogens is 1. The molecule has 0 fully saturated rings. The highest BCUT2D eigenvalue weighted by Gasteiger charge is 2.36. The molecular formula is C22H23ClN6O2. The minimum Gasteiger partial charge on any atom is -0.496 e. The number of hydrogen-bond acceptors (Lipinski definition) is 8. The Kier molecular flexibility index (Phi) is 5.73. The van der Waals surface area contributed by atoms with Crippen molar-refractivity contribution >= 4 is 29.2 Å². The van der Waals surface area contributed by atoms with Gasteiger partial charge in [-0.3, -0.25) is 14.8 Å². The van der Waals surface area contributed by atoms with Crippen LogP contribution >= 0.6 is 11.6 Å². The summed E-state index contributed by atoms with van der Waals surface area (Å²) in [5.74, 6) is 0.799. The van der Waals surface area contributed by atoms with Crippen molar-refractivity contribution in [2.75, 3.05) is 24.3 Å². The number of methoxy groups -OCH3 is 1. The van der Waals surface area contributed by atoms with Crippen LogP contribution in [0.5, 0.6) is 5.75 Å². The third-order valence-corrected chi connectivity index (χ3v) is 5.77. The molecule has 1 unspecified atom stereocenters. The van der Waals surface area contributed by atoms with E-state index in [9.17, 15) is 4.79 Å². The lowest BCUT2D eigenvalue weighted by atomic mass is 9.89. The summed E-state index contributed by atoms with van der Waals surface area (Å²) in [6, 6.07) is 5.66. The van der Waals surface area contributed by atoms with Crippen LogP contribution in [0.3, 0.4) is 0 Å². The molecule has 3 aromatic rings. The number of nitrogens with zero attached hydrogens (tertiary/aromatic N) is 5. The first kappa shape index (κ1) is 21.0. The molecule has 2 N–H and O–H groups in total. The summed E-state index contributed by atoms with van der Waals surface area (Å²) in [7, 11) is 1.64. The summed E-state index contributed by atoms with van der Waals surface area (Å²) in [5, 5.41) is 0.0642. The molecule has 0 saturated carbocycles. The molecule has 4 rings (SSSR count). The predicted octanol–water partition coefficient (Wildman–Crippen LogP) is 3.19. The second-order valence-electron chi connectivity index (χ2n) is 7.58. The van der Waals surface area contributed by atoms with Gasteiger partial charge in [-0.1, -0.05) is 17.7 Å². The molecule has 31 heavy (non-hydrogen) atoms. The number of aromatic nitrogens is 4. The van der Waals surface area contributed by atoms with Crippen LogP contribution in [-0.2, 0) is 13.0 Å². The standard InChI is InChI=1S/C22H23ClN6O2/c1-12-9-26-16(13(2)19(12)31-3)11-29-10-14(8-15-6-4-5-7-25-15)18(30)17-20(23)27-22(24)28-21(17)29/h4-7,9,14H,8,10-11H2,1-3H3,(H2,24,27,28). The van der Waals surface area contributed by atoms with E-state index in [0.717, 1.165) is 28.3 Å². The fraction of sp³-hybridized carbons (Fsp3) is 0.318. The van der Waals surface area contributed by atoms with Crippen LogP contribution in [0, 0.1) is 19.8 Å². The first-order chi connectivity index (χ1) is 14.9. The van der Waals surface area contributed by atoms with Crippen molar-refractivity contribution in [2.24, 2.45) is 5.92 Å². The summed E-state index contributed by atoms with van der Waals surface area (Å²) in [6.45, 7) is 4.78. The van der Waals surface area contributed by atoms with Gasteiger partial charge in [-0.25, -0.2) is 4.98 Å². The molecule has 1 aliphatic rings. The van der Waals surface area contributed by atoms with Gasteiger partial charge in [-0.15, -0.1) is 0 Å². The van der Waals surface area contributed by atoms with E-state index in [2.05, 4.69) is 19.9 Å². The average Bonchev–Trinajstić information content (AvgIpc) is 2.74. The van der Waals surface area contributed by atoms with E-state index in [1.165, 1.54) is 0 Å². The largest absolute Gasteiger partial charge is 0.496 e. The quantitative estimate of drug-likeness (QED) is 0.605. The van der Waals surface area contributed by atoms with Gasteiger partial charge in [-0.2, -0.15) is 4.98 Å². The van der Waals surface area contributed by atoms with Gasteiger partial charge in [0.05, 0.1) is 24.9 Å². The Balaban J connectivity index is 1.74. The third-order valence-electron chi connectivity index (χ3n) is 5.49. The Bertz CT molecular complexity index is 1140. The van der Waals surface area contributed by atoms with Gasteiger partial charge in [0, 0.05) is 48.1 Å². The lowest BCUT2D eigenvalue weighted by Crippen LogP contribution is -2.41. The topological polar surface area (TPSA) is 107 Å². The van der Waals surface area contributed by atoms with Crippen molar-refractivity contribution in [3.05, 3.63) is 63.8 Å². The monoisotopic (exact) mass is 438 g/mol. The minimum atomic E-state index is -0.347. The zero-order chi connectivity index (χ0) is 22.1. The molecule has 1 atom stereocenters. The molecular weight excluding hydrogens is 416 g/mol. The SMILES string of the molecule is COc1c(C)cnc(CN2CC(Cc3ccccn3)C(=O)c3c(Cl)nc(N)nc32)c1C. The molecule has 8 nitrogen and oxygen atoms in total. The number of nitrogen functional groups attached to an aromatic ring is 1. The highest BCUT2D eigenvalue weighted by Crippen LogP contribution is 2.35. The van der Waals surface area contributed by atoms with E-state index in [4.69, 9.17) is 22.1 Å². The van der Waals surface area contributed by atoms with Crippen LogP contribution in [-0.4, -0.2) is 39.4 Å². The average molecular weight is 439 g/mol. The van der Waals surface area contributed by atoms with Crippen molar-refractivity contribution in [2.45, 2.75) is 26.8 Å². The van der Waals surface area contributed by atoms with E-state index in [0.29, 0.717) is 30.9 Å². The summed E-state index contributed by atoms with van der Waals surface area (Å²) < 4.78 is 5.54. The zero-order valence-corrected chi connectivity index (χ0v) is 18.3. The smallest absolute Gasteiger partial charge is 0.223 e. The molecule has 0 aromatic carbocycles. The summed E-state index contributed by atoms with van der Waals surface area (Å²) in [6.07, 6.45) is 3.99. The maximum absolute atomic E-state index is 13.3. The number of ketones is 1. The number of nitrogens with two attached hydrogens (primary N) is 1.